The fraction of sp³-hybridized carbons (Fsp3) is 0.923. The highest BCUT2D eigenvalue weighted by Gasteiger charge is 2.15. The van der Waals surface area contributed by atoms with Crippen molar-refractivity contribution in [3.63, 3.8) is 0 Å². The monoisotopic (exact) mass is 214 g/mol. The summed E-state index contributed by atoms with van der Waals surface area (Å²) >= 11 is 0. The van der Waals surface area contributed by atoms with Gasteiger partial charge in [-0.3, -0.25) is 4.79 Å². The largest absolute Gasteiger partial charge is 0.370 e. The Morgan fingerprint density at radius 3 is 2.33 bits per heavy atom. The number of hydrogen-bond acceptors (Lipinski definition) is 2. The molecule has 0 fully saturated rings. The third-order valence-electron chi connectivity index (χ3n) is 2.55. The van der Waals surface area contributed by atoms with Crippen LogP contribution in [0.1, 0.15) is 65.7 Å². The van der Waals surface area contributed by atoms with Crippen LogP contribution in [0, 0.1) is 0 Å². The van der Waals surface area contributed by atoms with Gasteiger partial charge in [0.1, 0.15) is 6.10 Å². The maximum Gasteiger partial charge on any atom is 0.161 e. The molecule has 0 saturated heterocycles. The van der Waals surface area contributed by atoms with Crippen LogP contribution in [0.3, 0.4) is 0 Å². The number of ether oxygens (including phenoxy) is 1. The molecule has 0 bridgehead atoms. The first-order valence-corrected chi connectivity index (χ1v) is 6.40. The third-order valence-corrected chi connectivity index (χ3v) is 2.55. The average molecular weight is 214 g/mol. The predicted molar refractivity (Wildman–Crippen MR) is 64.1 cm³/mol. The molecule has 0 aliphatic carbocycles. The average Bonchev–Trinajstić information content (AvgIpc) is 2.27. The SMILES string of the molecule is CCCCCCC(OCCC)C(=O)CC. The van der Waals surface area contributed by atoms with Gasteiger partial charge in [-0.1, -0.05) is 46.5 Å². The van der Waals surface area contributed by atoms with Gasteiger partial charge in [0.25, 0.3) is 0 Å². The van der Waals surface area contributed by atoms with Crippen LogP contribution in [0.15, 0.2) is 0 Å². The third kappa shape index (κ3) is 7.55. The summed E-state index contributed by atoms with van der Waals surface area (Å²) in [5.41, 5.74) is 0. The van der Waals surface area contributed by atoms with Gasteiger partial charge in [-0.15, -0.1) is 0 Å². The highest BCUT2D eigenvalue weighted by Crippen LogP contribution is 2.11. The normalized spacial score (nSPS) is 12.7. The summed E-state index contributed by atoms with van der Waals surface area (Å²) in [6, 6.07) is 0. The molecule has 0 aliphatic heterocycles. The highest BCUT2D eigenvalue weighted by atomic mass is 16.5. The molecule has 15 heavy (non-hydrogen) atoms. The topological polar surface area (TPSA) is 26.3 Å². The number of carbonyl (C=O) groups is 1. The second-order valence-electron chi connectivity index (χ2n) is 4.03. The molecule has 1 atom stereocenters. The zero-order chi connectivity index (χ0) is 11.5. The first kappa shape index (κ1) is 14.6. The van der Waals surface area contributed by atoms with Crippen LogP contribution in [0.5, 0.6) is 0 Å². The molecule has 0 rings (SSSR count). The van der Waals surface area contributed by atoms with Crippen LogP contribution in [-0.4, -0.2) is 18.5 Å². The zero-order valence-electron chi connectivity index (χ0n) is 10.6. The molecule has 0 aromatic rings. The summed E-state index contributed by atoms with van der Waals surface area (Å²) in [7, 11) is 0. The minimum absolute atomic E-state index is 0.133. The summed E-state index contributed by atoms with van der Waals surface area (Å²) in [6.45, 7) is 6.90. The van der Waals surface area contributed by atoms with Gasteiger partial charge >= 0.3 is 0 Å². The number of ketones is 1. The molecule has 0 aromatic carbocycles. The first-order valence-electron chi connectivity index (χ1n) is 6.40. The van der Waals surface area contributed by atoms with E-state index in [0.29, 0.717) is 13.0 Å². The smallest absolute Gasteiger partial charge is 0.161 e. The molecule has 0 aromatic heterocycles. The molecule has 0 amide bonds. The van der Waals surface area contributed by atoms with E-state index in [9.17, 15) is 4.79 Å². The van der Waals surface area contributed by atoms with E-state index in [2.05, 4.69) is 13.8 Å². The van der Waals surface area contributed by atoms with Crippen molar-refractivity contribution in [1.82, 2.24) is 0 Å². The summed E-state index contributed by atoms with van der Waals surface area (Å²) in [5.74, 6) is 0.264. The second kappa shape index (κ2) is 10.2. The Labute approximate surface area is 94.4 Å². The molecule has 2 heteroatoms. The lowest BCUT2D eigenvalue weighted by atomic mass is 10.0. The highest BCUT2D eigenvalue weighted by molar-refractivity contribution is 5.82. The van der Waals surface area contributed by atoms with E-state index in [1.807, 2.05) is 6.92 Å². The van der Waals surface area contributed by atoms with Crippen molar-refractivity contribution < 1.29 is 9.53 Å². The van der Waals surface area contributed by atoms with E-state index in [0.717, 1.165) is 19.3 Å². The summed E-state index contributed by atoms with van der Waals surface area (Å²) in [5, 5.41) is 0. The van der Waals surface area contributed by atoms with E-state index >= 15 is 0 Å². The van der Waals surface area contributed by atoms with Crippen molar-refractivity contribution >= 4 is 5.78 Å². The lowest BCUT2D eigenvalue weighted by molar-refractivity contribution is -0.130. The van der Waals surface area contributed by atoms with Crippen molar-refractivity contribution in [1.29, 1.82) is 0 Å². The minimum Gasteiger partial charge on any atom is -0.370 e. The fourth-order valence-corrected chi connectivity index (χ4v) is 1.58. The Hall–Kier alpha value is -0.370. The van der Waals surface area contributed by atoms with Gasteiger partial charge in [0.15, 0.2) is 5.78 Å². The molecule has 90 valence electrons. The van der Waals surface area contributed by atoms with Crippen molar-refractivity contribution in [2.24, 2.45) is 0 Å². The minimum atomic E-state index is -0.133. The van der Waals surface area contributed by atoms with E-state index in [4.69, 9.17) is 4.74 Å². The second-order valence-corrected chi connectivity index (χ2v) is 4.03. The molecule has 0 N–H and O–H groups in total. The van der Waals surface area contributed by atoms with E-state index in [1.54, 1.807) is 0 Å². The summed E-state index contributed by atoms with van der Waals surface area (Å²) in [4.78, 5) is 11.6. The van der Waals surface area contributed by atoms with Crippen molar-refractivity contribution in [2.45, 2.75) is 71.8 Å². The van der Waals surface area contributed by atoms with Crippen LogP contribution in [0.2, 0.25) is 0 Å². The van der Waals surface area contributed by atoms with E-state index < -0.39 is 0 Å². The number of rotatable bonds is 10. The number of carbonyl (C=O) groups excluding carboxylic acids is 1. The number of unbranched alkanes of at least 4 members (excludes halogenated alkanes) is 3. The summed E-state index contributed by atoms with van der Waals surface area (Å²) in [6.07, 6.45) is 7.21. The maximum absolute atomic E-state index is 11.6. The summed E-state index contributed by atoms with van der Waals surface area (Å²) < 4.78 is 5.57. The van der Waals surface area contributed by atoms with Crippen molar-refractivity contribution in [2.75, 3.05) is 6.61 Å². The van der Waals surface area contributed by atoms with Gasteiger partial charge in [0.05, 0.1) is 0 Å². The van der Waals surface area contributed by atoms with Crippen molar-refractivity contribution in [3.05, 3.63) is 0 Å². The molecule has 0 aliphatic rings. The number of hydrogen-bond donors (Lipinski definition) is 0. The van der Waals surface area contributed by atoms with E-state index in [1.165, 1.54) is 19.3 Å². The van der Waals surface area contributed by atoms with Gasteiger partial charge in [-0.2, -0.15) is 0 Å². The Balaban J connectivity index is 3.74. The first-order chi connectivity index (χ1) is 7.26. The maximum atomic E-state index is 11.6. The molecule has 0 saturated carbocycles. The van der Waals surface area contributed by atoms with Crippen molar-refractivity contribution in [3.8, 4) is 0 Å². The Kier molecular flexibility index (Phi) is 9.91. The van der Waals surface area contributed by atoms with Gasteiger partial charge in [-0.05, 0) is 12.8 Å². The van der Waals surface area contributed by atoms with Crippen LogP contribution < -0.4 is 0 Å². The Morgan fingerprint density at radius 2 is 1.80 bits per heavy atom. The Bertz CT molecular complexity index is 155. The molecule has 2 nitrogen and oxygen atoms in total. The van der Waals surface area contributed by atoms with Gasteiger partial charge in [0, 0.05) is 13.0 Å². The molecule has 0 spiro atoms. The van der Waals surface area contributed by atoms with Crippen LogP contribution in [-0.2, 0) is 9.53 Å². The zero-order valence-corrected chi connectivity index (χ0v) is 10.6. The lowest BCUT2D eigenvalue weighted by Gasteiger charge is -2.15. The fourth-order valence-electron chi connectivity index (χ4n) is 1.58. The quantitative estimate of drug-likeness (QED) is 0.518. The van der Waals surface area contributed by atoms with Crippen LogP contribution in [0.25, 0.3) is 0 Å². The molecular weight excluding hydrogens is 188 g/mol. The van der Waals surface area contributed by atoms with Crippen LogP contribution in [0.4, 0.5) is 0 Å². The molecule has 0 radical (unpaired) electrons. The van der Waals surface area contributed by atoms with Gasteiger partial charge < -0.3 is 4.74 Å². The van der Waals surface area contributed by atoms with E-state index in [-0.39, 0.29) is 11.9 Å². The lowest BCUT2D eigenvalue weighted by Crippen LogP contribution is -2.24. The molecule has 0 heterocycles. The standard InChI is InChI=1S/C13H26O2/c1-4-7-8-9-10-13(12(14)6-3)15-11-5-2/h13H,4-11H2,1-3H3. The number of Topliss-reactive ketones (excluding diaryl/α,β-unsaturated/α-hetero) is 1. The van der Waals surface area contributed by atoms with Crippen LogP contribution >= 0.6 is 0 Å². The van der Waals surface area contributed by atoms with Gasteiger partial charge in [-0.25, -0.2) is 0 Å². The predicted octanol–water partition coefficient (Wildman–Crippen LogP) is 3.73. The molecule has 1 unspecified atom stereocenters. The Morgan fingerprint density at radius 1 is 1.07 bits per heavy atom. The molecular formula is C13H26O2. The van der Waals surface area contributed by atoms with Gasteiger partial charge in [0.2, 0.25) is 0 Å².